The average molecular weight is 520 g/mol. The Morgan fingerprint density at radius 3 is 2.11 bits per heavy atom. The highest BCUT2D eigenvalue weighted by Crippen LogP contribution is 2.19. The number of carboxylic acids is 1. The van der Waals surface area contributed by atoms with Crippen LogP contribution in [-0.4, -0.2) is 63.7 Å². The Morgan fingerprint density at radius 2 is 1.53 bits per heavy atom. The lowest BCUT2D eigenvalue weighted by atomic mass is 9.99. The number of carboxylic acid groups (broad SMARTS) is 1. The highest BCUT2D eigenvalue weighted by molar-refractivity contribution is 7.80. The first-order chi connectivity index (χ1) is 16.9. The van der Waals surface area contributed by atoms with E-state index in [4.69, 9.17) is 5.73 Å². The van der Waals surface area contributed by atoms with Gasteiger partial charge in [-0.3, -0.25) is 14.4 Å². The predicted octanol–water partition coefficient (Wildman–Crippen LogP) is 1.21. The van der Waals surface area contributed by atoms with E-state index in [9.17, 15) is 24.3 Å². The van der Waals surface area contributed by atoms with Crippen LogP contribution in [0, 0.1) is 11.8 Å². The van der Waals surface area contributed by atoms with Gasteiger partial charge in [0.05, 0.1) is 6.04 Å². The number of rotatable bonds is 13. The number of amides is 3. The number of aromatic nitrogens is 1. The molecule has 0 aliphatic carbocycles. The van der Waals surface area contributed by atoms with Gasteiger partial charge in [-0.05, 0) is 29.9 Å². The van der Waals surface area contributed by atoms with Crippen LogP contribution in [0.2, 0.25) is 0 Å². The summed E-state index contributed by atoms with van der Waals surface area (Å²) in [5, 5.41) is 18.1. The van der Waals surface area contributed by atoms with Crippen LogP contribution in [-0.2, 0) is 25.6 Å². The molecule has 198 valence electrons. The molecule has 36 heavy (non-hydrogen) atoms. The number of para-hydroxylation sites is 1. The molecule has 1 aromatic heterocycles. The number of fused-ring (bicyclic) bond motifs is 1. The van der Waals surface area contributed by atoms with E-state index < -0.39 is 47.9 Å². The molecular formula is C25H37N5O5S. The second-order valence-electron chi connectivity index (χ2n) is 9.67. The standard InChI is InChI=1S/C25H37N5O5S/c1-13(2)9-18(29-24(33)21(26)14(3)4)22(31)28-19(23(32)30-20(12-36)25(34)35)10-15-11-27-17-8-6-5-7-16(15)17/h5-8,11,13-14,18-21,27,36H,9-10,12,26H2,1-4H3,(H,28,31)(H,29,33)(H,30,32)(H,34,35). The molecule has 0 radical (unpaired) electrons. The maximum Gasteiger partial charge on any atom is 0.327 e. The number of aromatic amines is 1. The van der Waals surface area contributed by atoms with Crippen molar-refractivity contribution in [2.24, 2.45) is 17.6 Å². The molecule has 0 bridgehead atoms. The van der Waals surface area contributed by atoms with Crippen LogP contribution in [0.5, 0.6) is 0 Å². The lowest BCUT2D eigenvalue weighted by molar-refractivity contribution is -0.141. The third kappa shape index (κ3) is 7.99. The quantitative estimate of drug-likeness (QED) is 0.196. The van der Waals surface area contributed by atoms with Gasteiger partial charge in [-0.15, -0.1) is 0 Å². The molecule has 4 unspecified atom stereocenters. The zero-order valence-electron chi connectivity index (χ0n) is 21.1. The van der Waals surface area contributed by atoms with E-state index in [2.05, 4.69) is 33.6 Å². The molecule has 0 spiro atoms. The average Bonchev–Trinajstić information content (AvgIpc) is 3.23. The van der Waals surface area contributed by atoms with Crippen LogP contribution in [0.1, 0.15) is 39.7 Å². The molecule has 0 saturated carbocycles. The predicted molar refractivity (Wildman–Crippen MR) is 142 cm³/mol. The van der Waals surface area contributed by atoms with Gasteiger partial charge in [0, 0.05) is 29.3 Å². The molecule has 0 fully saturated rings. The molecule has 2 aromatic rings. The normalized spacial score (nSPS) is 14.8. The molecule has 4 atom stereocenters. The van der Waals surface area contributed by atoms with Gasteiger partial charge in [-0.2, -0.15) is 12.6 Å². The van der Waals surface area contributed by atoms with E-state index in [0.29, 0.717) is 6.42 Å². The molecule has 11 heteroatoms. The number of thiol groups is 1. The van der Waals surface area contributed by atoms with Crippen molar-refractivity contribution in [3.8, 4) is 0 Å². The summed E-state index contributed by atoms with van der Waals surface area (Å²) >= 11 is 4.00. The largest absolute Gasteiger partial charge is 0.480 e. The third-order valence-corrected chi connectivity index (χ3v) is 6.26. The summed E-state index contributed by atoms with van der Waals surface area (Å²) in [4.78, 5) is 53.6. The number of benzene rings is 1. The molecule has 7 N–H and O–H groups in total. The number of carbonyl (C=O) groups excluding carboxylic acids is 3. The van der Waals surface area contributed by atoms with Crippen molar-refractivity contribution in [3.63, 3.8) is 0 Å². The fraction of sp³-hybridized carbons (Fsp3) is 0.520. The number of aliphatic carboxylic acids is 1. The third-order valence-electron chi connectivity index (χ3n) is 5.89. The van der Waals surface area contributed by atoms with Crippen LogP contribution < -0.4 is 21.7 Å². The molecule has 10 nitrogen and oxygen atoms in total. The summed E-state index contributed by atoms with van der Waals surface area (Å²) in [5.74, 6) is -3.07. The minimum absolute atomic E-state index is 0.0674. The van der Waals surface area contributed by atoms with Crippen LogP contribution in [0.15, 0.2) is 30.5 Å². The topological polar surface area (TPSA) is 166 Å². The highest BCUT2D eigenvalue weighted by atomic mass is 32.1. The SMILES string of the molecule is CC(C)CC(NC(=O)C(N)C(C)C)C(=O)NC(Cc1c[nH]c2ccccc12)C(=O)NC(CS)C(=O)O. The van der Waals surface area contributed by atoms with Crippen LogP contribution >= 0.6 is 12.6 Å². The molecule has 0 saturated heterocycles. The molecule has 3 amide bonds. The van der Waals surface area contributed by atoms with Crippen molar-refractivity contribution >= 4 is 47.2 Å². The first-order valence-corrected chi connectivity index (χ1v) is 12.6. The Hall–Kier alpha value is -3.05. The van der Waals surface area contributed by atoms with Crippen molar-refractivity contribution in [1.82, 2.24) is 20.9 Å². The monoisotopic (exact) mass is 519 g/mol. The number of nitrogens with one attached hydrogen (secondary N) is 4. The summed E-state index contributed by atoms with van der Waals surface area (Å²) in [6.45, 7) is 7.44. The summed E-state index contributed by atoms with van der Waals surface area (Å²) in [6, 6.07) is 3.49. The maximum atomic E-state index is 13.3. The van der Waals surface area contributed by atoms with E-state index in [1.54, 1.807) is 6.20 Å². The van der Waals surface area contributed by atoms with Gasteiger partial charge in [0.25, 0.3) is 0 Å². The number of hydrogen-bond donors (Lipinski definition) is 7. The zero-order valence-corrected chi connectivity index (χ0v) is 22.0. The van der Waals surface area contributed by atoms with Crippen LogP contribution in [0.3, 0.4) is 0 Å². The molecule has 0 aliphatic heterocycles. The van der Waals surface area contributed by atoms with Gasteiger partial charge in [0.2, 0.25) is 17.7 Å². The van der Waals surface area contributed by atoms with Crippen molar-refractivity contribution in [2.75, 3.05) is 5.75 Å². The lowest BCUT2D eigenvalue weighted by Crippen LogP contribution is -2.58. The number of nitrogens with two attached hydrogens (primary N) is 1. The van der Waals surface area contributed by atoms with Gasteiger partial charge in [-0.25, -0.2) is 4.79 Å². The molecule has 1 heterocycles. The Bertz CT molecular complexity index is 1070. The number of H-pyrrole nitrogens is 1. The summed E-state index contributed by atoms with van der Waals surface area (Å²) in [6.07, 6.45) is 2.19. The number of hydrogen-bond acceptors (Lipinski definition) is 6. The molecule has 1 aromatic carbocycles. The molecule has 2 rings (SSSR count). The second kappa shape index (κ2) is 13.3. The summed E-state index contributed by atoms with van der Waals surface area (Å²) in [5.41, 5.74) is 7.59. The Labute approximate surface area is 216 Å². The van der Waals surface area contributed by atoms with E-state index in [1.807, 2.05) is 52.0 Å². The van der Waals surface area contributed by atoms with Gasteiger partial charge in [0.15, 0.2) is 0 Å². The van der Waals surface area contributed by atoms with Crippen molar-refractivity contribution in [1.29, 1.82) is 0 Å². The van der Waals surface area contributed by atoms with E-state index in [-0.39, 0.29) is 24.0 Å². The first kappa shape index (κ1) is 29.2. The van der Waals surface area contributed by atoms with E-state index in [1.165, 1.54) is 0 Å². The van der Waals surface area contributed by atoms with Gasteiger partial charge in [0.1, 0.15) is 18.1 Å². The van der Waals surface area contributed by atoms with E-state index in [0.717, 1.165) is 16.5 Å². The lowest BCUT2D eigenvalue weighted by Gasteiger charge is -2.26. The highest BCUT2D eigenvalue weighted by Gasteiger charge is 2.31. The summed E-state index contributed by atoms with van der Waals surface area (Å²) < 4.78 is 0. The Kier molecular flexibility index (Phi) is 10.8. The second-order valence-corrected chi connectivity index (χ2v) is 10.0. The minimum atomic E-state index is -1.23. The molecule has 0 aliphatic rings. The van der Waals surface area contributed by atoms with Gasteiger partial charge < -0.3 is 31.8 Å². The van der Waals surface area contributed by atoms with Crippen LogP contribution in [0.25, 0.3) is 10.9 Å². The van der Waals surface area contributed by atoms with Crippen molar-refractivity contribution in [3.05, 3.63) is 36.0 Å². The van der Waals surface area contributed by atoms with Gasteiger partial charge in [-0.1, -0.05) is 45.9 Å². The van der Waals surface area contributed by atoms with Crippen LogP contribution in [0.4, 0.5) is 0 Å². The fourth-order valence-electron chi connectivity index (χ4n) is 3.73. The summed E-state index contributed by atoms with van der Waals surface area (Å²) in [7, 11) is 0. The Morgan fingerprint density at radius 1 is 0.944 bits per heavy atom. The Balaban J connectivity index is 2.31. The number of carbonyl (C=O) groups is 4. The zero-order chi connectivity index (χ0) is 27.0. The minimum Gasteiger partial charge on any atom is -0.480 e. The maximum absolute atomic E-state index is 13.3. The van der Waals surface area contributed by atoms with Gasteiger partial charge >= 0.3 is 5.97 Å². The van der Waals surface area contributed by atoms with Crippen molar-refractivity contribution < 1.29 is 24.3 Å². The first-order valence-electron chi connectivity index (χ1n) is 12.0. The van der Waals surface area contributed by atoms with E-state index >= 15 is 0 Å². The van der Waals surface area contributed by atoms with Crippen molar-refractivity contribution in [2.45, 2.75) is 64.7 Å². The smallest absolute Gasteiger partial charge is 0.327 e. The fourth-order valence-corrected chi connectivity index (χ4v) is 3.98. The molecular weight excluding hydrogens is 482 g/mol.